The van der Waals surface area contributed by atoms with Crippen LogP contribution in [-0.4, -0.2) is 0 Å². The molecule has 0 fully saturated rings. The Labute approximate surface area is 56.5 Å². The van der Waals surface area contributed by atoms with Crippen molar-refractivity contribution in [2.24, 2.45) is 0 Å². The molecule has 0 unspecified atom stereocenters. The van der Waals surface area contributed by atoms with Gasteiger partial charge in [-0.05, 0) is 11.4 Å². The number of rotatable bonds is 0. The van der Waals surface area contributed by atoms with Crippen LogP contribution >= 0.6 is 35.6 Å². The van der Waals surface area contributed by atoms with E-state index in [9.17, 15) is 0 Å². The van der Waals surface area contributed by atoms with Gasteiger partial charge in [0.1, 0.15) is 0 Å². The summed E-state index contributed by atoms with van der Waals surface area (Å²) in [6.45, 7) is 0. The third-order valence-electron chi connectivity index (χ3n) is 0.598. The van der Waals surface area contributed by atoms with E-state index in [1.807, 2.05) is 11.4 Å². The maximum absolute atomic E-state index is 5.56. The van der Waals surface area contributed by atoms with Crippen molar-refractivity contribution in [2.45, 2.75) is 4.21 Å². The summed E-state index contributed by atoms with van der Waals surface area (Å²) in [4.78, 5) is 0. The maximum Gasteiger partial charge on any atom is 0.0754 e. The first-order valence-electron chi connectivity index (χ1n) is 1.72. The van der Waals surface area contributed by atoms with E-state index < -0.39 is 0 Å². The summed E-state index contributed by atoms with van der Waals surface area (Å²) in [5.74, 6) is 0. The normalized spacial score (nSPS) is 9.43. The van der Waals surface area contributed by atoms with E-state index in [2.05, 4.69) is 12.6 Å². The Kier molecular flexibility index (Phi) is 1.62. The number of thiol groups is 1. The molecule has 7 heavy (non-hydrogen) atoms. The minimum Gasteiger partial charge on any atom is -0.136 e. The van der Waals surface area contributed by atoms with Crippen molar-refractivity contribution in [3.8, 4) is 0 Å². The molecule has 0 atom stereocenters. The van der Waals surface area contributed by atoms with Crippen LogP contribution in [0.1, 0.15) is 0 Å². The minimum atomic E-state index is 0.744. The van der Waals surface area contributed by atoms with Crippen molar-refractivity contribution < 1.29 is 0 Å². The topological polar surface area (TPSA) is 0 Å². The molecule has 1 rings (SSSR count). The second kappa shape index (κ2) is 2.07. The molecule has 0 nitrogen and oxygen atoms in total. The van der Waals surface area contributed by atoms with Gasteiger partial charge in [-0.3, -0.25) is 0 Å². The molecular weight excluding hydrogens is 148 g/mol. The van der Waals surface area contributed by atoms with Crippen LogP contribution in [0.4, 0.5) is 0 Å². The van der Waals surface area contributed by atoms with Crippen molar-refractivity contribution in [3.63, 3.8) is 0 Å². The summed E-state index contributed by atoms with van der Waals surface area (Å²) >= 11 is 11.1. The Morgan fingerprint density at radius 2 is 2.43 bits per heavy atom. The first-order valence-corrected chi connectivity index (χ1v) is 3.43. The molecule has 1 aromatic heterocycles. The van der Waals surface area contributed by atoms with E-state index in [1.165, 1.54) is 11.3 Å². The van der Waals surface area contributed by atoms with Gasteiger partial charge in [-0.1, -0.05) is 11.6 Å². The lowest BCUT2D eigenvalue weighted by molar-refractivity contribution is 1.76. The van der Waals surface area contributed by atoms with Gasteiger partial charge in [0.25, 0.3) is 0 Å². The van der Waals surface area contributed by atoms with Crippen molar-refractivity contribution in [1.29, 1.82) is 0 Å². The number of halogens is 1. The van der Waals surface area contributed by atoms with Gasteiger partial charge in [-0.25, -0.2) is 0 Å². The Balaban J connectivity index is 3.12. The fourth-order valence-corrected chi connectivity index (χ4v) is 1.33. The Bertz CT molecular complexity index is 142. The number of hydrogen-bond acceptors (Lipinski definition) is 2. The monoisotopic (exact) mass is 150 g/mol. The Morgan fingerprint density at radius 1 is 1.71 bits per heavy atom. The Morgan fingerprint density at radius 3 is 2.57 bits per heavy atom. The predicted octanol–water partition coefficient (Wildman–Crippen LogP) is 2.69. The van der Waals surface area contributed by atoms with Crippen LogP contribution in [0.25, 0.3) is 0 Å². The maximum atomic E-state index is 5.56. The van der Waals surface area contributed by atoms with Crippen LogP contribution in [0.5, 0.6) is 0 Å². The highest BCUT2D eigenvalue weighted by molar-refractivity contribution is 7.83. The molecule has 0 aliphatic carbocycles. The third kappa shape index (κ3) is 1.12. The molecule has 0 saturated carbocycles. The lowest BCUT2D eigenvalue weighted by Gasteiger charge is -1.75. The molecule has 0 aliphatic heterocycles. The number of hydrogen-bond donors (Lipinski definition) is 1. The quantitative estimate of drug-likeness (QED) is 0.541. The fourth-order valence-electron chi connectivity index (χ4n) is 0.286. The SMILES string of the molecule is Sc1sccc1Cl. The van der Waals surface area contributed by atoms with E-state index in [-0.39, 0.29) is 0 Å². The van der Waals surface area contributed by atoms with E-state index in [0.717, 1.165) is 9.23 Å². The minimum absolute atomic E-state index is 0.744. The molecule has 38 valence electrons. The molecule has 0 spiro atoms. The van der Waals surface area contributed by atoms with Gasteiger partial charge >= 0.3 is 0 Å². The van der Waals surface area contributed by atoms with Gasteiger partial charge in [0, 0.05) is 0 Å². The second-order valence-corrected chi connectivity index (χ2v) is 3.15. The smallest absolute Gasteiger partial charge is 0.0754 e. The first kappa shape index (κ1) is 5.48. The van der Waals surface area contributed by atoms with Crippen LogP contribution in [0.15, 0.2) is 15.7 Å². The van der Waals surface area contributed by atoms with E-state index in [1.54, 1.807) is 0 Å². The lowest BCUT2D eigenvalue weighted by Crippen LogP contribution is -1.45. The first-order chi connectivity index (χ1) is 3.30. The summed E-state index contributed by atoms with van der Waals surface area (Å²) in [5.41, 5.74) is 0. The zero-order valence-electron chi connectivity index (χ0n) is 3.39. The summed E-state index contributed by atoms with van der Waals surface area (Å²) < 4.78 is 0.890. The molecule has 1 heterocycles. The van der Waals surface area contributed by atoms with Gasteiger partial charge in [-0.2, -0.15) is 0 Å². The van der Waals surface area contributed by atoms with E-state index in [4.69, 9.17) is 11.6 Å². The van der Waals surface area contributed by atoms with E-state index >= 15 is 0 Å². The van der Waals surface area contributed by atoms with Crippen LogP contribution in [0.2, 0.25) is 5.02 Å². The molecule has 0 bridgehead atoms. The highest BCUT2D eigenvalue weighted by Gasteiger charge is 1.91. The molecule has 0 aromatic carbocycles. The standard InChI is InChI=1S/C4H3ClS2/c5-3-1-2-7-4(3)6/h1-2,6H. The van der Waals surface area contributed by atoms with Crippen molar-refractivity contribution in [1.82, 2.24) is 0 Å². The number of thiophene rings is 1. The van der Waals surface area contributed by atoms with Crippen molar-refractivity contribution in [2.75, 3.05) is 0 Å². The molecule has 0 N–H and O–H groups in total. The van der Waals surface area contributed by atoms with Gasteiger partial charge in [0.15, 0.2) is 0 Å². The molecule has 0 amide bonds. The Hall–Kier alpha value is 0.340. The molecular formula is C4H3ClS2. The molecule has 3 heteroatoms. The average molecular weight is 151 g/mol. The van der Waals surface area contributed by atoms with E-state index in [0.29, 0.717) is 0 Å². The summed E-state index contributed by atoms with van der Waals surface area (Å²) in [6, 6.07) is 1.83. The van der Waals surface area contributed by atoms with Crippen LogP contribution in [0, 0.1) is 0 Å². The van der Waals surface area contributed by atoms with Crippen molar-refractivity contribution >= 4 is 35.6 Å². The predicted molar refractivity (Wildman–Crippen MR) is 36.6 cm³/mol. The zero-order chi connectivity index (χ0) is 5.28. The van der Waals surface area contributed by atoms with Gasteiger partial charge in [0.2, 0.25) is 0 Å². The van der Waals surface area contributed by atoms with Crippen LogP contribution in [-0.2, 0) is 0 Å². The second-order valence-electron chi connectivity index (χ2n) is 1.07. The fraction of sp³-hybridized carbons (Fsp3) is 0. The van der Waals surface area contributed by atoms with Gasteiger partial charge in [0.05, 0.1) is 9.23 Å². The highest BCUT2D eigenvalue weighted by Crippen LogP contribution is 2.24. The van der Waals surface area contributed by atoms with Crippen LogP contribution in [0.3, 0.4) is 0 Å². The van der Waals surface area contributed by atoms with Crippen molar-refractivity contribution in [3.05, 3.63) is 16.5 Å². The zero-order valence-corrected chi connectivity index (χ0v) is 5.85. The average Bonchev–Trinajstić information content (AvgIpc) is 1.91. The summed E-state index contributed by atoms with van der Waals surface area (Å²) in [6.07, 6.45) is 0. The largest absolute Gasteiger partial charge is 0.136 e. The molecule has 1 aromatic rings. The third-order valence-corrected chi connectivity index (χ3v) is 2.43. The van der Waals surface area contributed by atoms with Gasteiger partial charge in [-0.15, -0.1) is 24.0 Å². The summed E-state index contributed by atoms with van der Waals surface area (Å²) in [7, 11) is 0. The lowest BCUT2D eigenvalue weighted by atomic mass is 10.7. The molecule has 0 saturated heterocycles. The highest BCUT2D eigenvalue weighted by atomic mass is 35.5. The summed E-state index contributed by atoms with van der Waals surface area (Å²) in [5, 5.41) is 2.65. The van der Waals surface area contributed by atoms with Gasteiger partial charge < -0.3 is 0 Å². The molecule has 0 radical (unpaired) electrons. The van der Waals surface area contributed by atoms with Crippen LogP contribution < -0.4 is 0 Å². The molecule has 0 aliphatic rings.